The van der Waals surface area contributed by atoms with Crippen LogP contribution in [0.3, 0.4) is 0 Å². The minimum atomic E-state index is -0.720. The van der Waals surface area contributed by atoms with Crippen molar-refractivity contribution in [2.24, 2.45) is 0 Å². The normalized spacial score (nSPS) is 24.2. The number of hydrogen-bond acceptors (Lipinski definition) is 2. The van der Waals surface area contributed by atoms with E-state index in [0.717, 1.165) is 25.8 Å². The summed E-state index contributed by atoms with van der Waals surface area (Å²) >= 11 is 0. The lowest BCUT2D eigenvalue weighted by Crippen LogP contribution is -2.29. The monoisotopic (exact) mass is 153 g/mol. The molecule has 0 amide bonds. The van der Waals surface area contributed by atoms with Crippen LogP contribution in [0.15, 0.2) is 0 Å². The van der Waals surface area contributed by atoms with Crippen LogP contribution in [0.2, 0.25) is 0 Å². The van der Waals surface area contributed by atoms with Gasteiger partial charge >= 0.3 is 5.97 Å². The maximum absolute atomic E-state index is 10.1. The number of carbonyl (C=O) groups is 1. The fraction of sp³-hybridized carbons (Fsp3) is 0.625. The first-order chi connectivity index (χ1) is 5.30. The quantitative estimate of drug-likeness (QED) is 0.530. The zero-order chi connectivity index (χ0) is 8.10. The molecule has 0 bridgehead atoms. The van der Waals surface area contributed by atoms with Crippen molar-refractivity contribution in [3.63, 3.8) is 0 Å². The van der Waals surface area contributed by atoms with E-state index in [9.17, 15) is 4.79 Å². The molecular weight excluding hydrogens is 142 g/mol. The molecule has 1 atom stereocenters. The van der Waals surface area contributed by atoms with Gasteiger partial charge in [-0.1, -0.05) is 11.8 Å². The second-order valence-electron chi connectivity index (χ2n) is 2.52. The van der Waals surface area contributed by atoms with E-state index in [4.69, 9.17) is 5.11 Å². The summed E-state index contributed by atoms with van der Waals surface area (Å²) in [5, 5.41) is 11.2. The van der Waals surface area contributed by atoms with Gasteiger partial charge < -0.3 is 10.4 Å². The van der Waals surface area contributed by atoms with Crippen LogP contribution in [0.1, 0.15) is 19.3 Å². The molecule has 0 aromatic carbocycles. The fourth-order valence-electron chi connectivity index (χ4n) is 0.895. The van der Waals surface area contributed by atoms with E-state index in [1.165, 1.54) is 0 Å². The van der Waals surface area contributed by atoms with Gasteiger partial charge in [0, 0.05) is 0 Å². The molecule has 1 heterocycles. The second-order valence-corrected chi connectivity index (χ2v) is 2.52. The highest BCUT2D eigenvalue weighted by atomic mass is 16.4. The molecule has 1 aliphatic heterocycles. The molecule has 1 fully saturated rings. The summed E-state index contributed by atoms with van der Waals surface area (Å²) in [6, 6.07) is -0.269. The van der Waals surface area contributed by atoms with Gasteiger partial charge in [-0.3, -0.25) is 4.79 Å². The molecule has 2 N–H and O–H groups in total. The highest BCUT2D eigenvalue weighted by Crippen LogP contribution is 2.03. The molecule has 60 valence electrons. The Hall–Kier alpha value is -1.01. The van der Waals surface area contributed by atoms with Crippen LogP contribution in [0.5, 0.6) is 0 Å². The van der Waals surface area contributed by atoms with Crippen molar-refractivity contribution in [3.8, 4) is 11.8 Å². The topological polar surface area (TPSA) is 49.3 Å². The lowest BCUT2D eigenvalue weighted by Gasteiger charge is -1.99. The SMILES string of the molecule is C1#CC1.O=C(O)C1CCCN1. The van der Waals surface area contributed by atoms with Gasteiger partial charge in [0.1, 0.15) is 6.04 Å². The molecule has 3 heteroatoms. The average Bonchev–Trinajstić information content (AvgIpc) is 2.74. The number of aliphatic carboxylic acids is 1. The summed E-state index contributed by atoms with van der Waals surface area (Å²) in [7, 11) is 0. The van der Waals surface area contributed by atoms with Gasteiger partial charge in [-0.25, -0.2) is 0 Å². The van der Waals surface area contributed by atoms with Crippen molar-refractivity contribution in [2.45, 2.75) is 25.3 Å². The van der Waals surface area contributed by atoms with Gasteiger partial charge in [0.25, 0.3) is 0 Å². The van der Waals surface area contributed by atoms with E-state index in [0.29, 0.717) is 0 Å². The zero-order valence-electron chi connectivity index (χ0n) is 6.26. The molecule has 0 saturated carbocycles. The molecule has 1 unspecified atom stereocenters. The number of nitrogens with one attached hydrogen (secondary N) is 1. The highest BCUT2D eigenvalue weighted by molar-refractivity contribution is 5.73. The van der Waals surface area contributed by atoms with Gasteiger partial charge in [0.05, 0.1) is 6.42 Å². The molecule has 3 nitrogen and oxygen atoms in total. The second kappa shape index (κ2) is 3.99. The minimum absolute atomic E-state index is 0.269. The Morgan fingerprint density at radius 3 is 2.36 bits per heavy atom. The maximum Gasteiger partial charge on any atom is 0.320 e. The van der Waals surface area contributed by atoms with Crippen molar-refractivity contribution < 1.29 is 9.90 Å². The van der Waals surface area contributed by atoms with Crippen LogP contribution in [0, 0.1) is 11.8 Å². The van der Waals surface area contributed by atoms with Gasteiger partial charge in [0.15, 0.2) is 0 Å². The van der Waals surface area contributed by atoms with Crippen LogP contribution >= 0.6 is 0 Å². The zero-order valence-corrected chi connectivity index (χ0v) is 6.26. The van der Waals surface area contributed by atoms with Crippen molar-refractivity contribution in [1.29, 1.82) is 0 Å². The van der Waals surface area contributed by atoms with E-state index in [2.05, 4.69) is 17.2 Å². The molecule has 1 aliphatic carbocycles. The standard InChI is InChI=1S/C5H9NO2.C3H2/c7-5(8)4-2-1-3-6-4;1-2-3-1/h4,6H,1-3H2,(H,7,8);1H2. The van der Waals surface area contributed by atoms with E-state index < -0.39 is 5.97 Å². The molecule has 0 radical (unpaired) electrons. The first-order valence-electron chi connectivity index (χ1n) is 3.72. The Bertz CT molecular complexity index is 190. The highest BCUT2D eigenvalue weighted by Gasteiger charge is 2.20. The first-order valence-corrected chi connectivity index (χ1v) is 3.72. The van der Waals surface area contributed by atoms with Crippen molar-refractivity contribution in [2.75, 3.05) is 6.54 Å². The molecular formula is C8H11NO2. The predicted molar refractivity (Wildman–Crippen MR) is 41.1 cm³/mol. The predicted octanol–water partition coefficient (Wildman–Crippen LogP) is 0.216. The summed E-state index contributed by atoms with van der Waals surface area (Å²) in [4.78, 5) is 10.1. The Morgan fingerprint density at radius 1 is 1.55 bits per heavy atom. The smallest absolute Gasteiger partial charge is 0.320 e. The fourth-order valence-corrected chi connectivity index (χ4v) is 0.895. The Labute approximate surface area is 65.8 Å². The molecule has 2 rings (SSSR count). The van der Waals surface area contributed by atoms with Crippen LogP contribution in [0.4, 0.5) is 0 Å². The van der Waals surface area contributed by atoms with E-state index in [1.807, 2.05) is 0 Å². The lowest BCUT2D eigenvalue weighted by molar-refractivity contribution is -0.139. The third-order valence-corrected chi connectivity index (χ3v) is 1.54. The summed E-state index contributed by atoms with van der Waals surface area (Å²) in [5.74, 6) is 4.78. The molecule has 2 aliphatic rings. The summed E-state index contributed by atoms with van der Waals surface area (Å²) < 4.78 is 0. The van der Waals surface area contributed by atoms with Gasteiger partial charge in [-0.15, -0.1) is 0 Å². The Kier molecular flexibility index (Phi) is 2.94. The van der Waals surface area contributed by atoms with Crippen LogP contribution < -0.4 is 5.32 Å². The Balaban J connectivity index is 0.000000167. The van der Waals surface area contributed by atoms with E-state index >= 15 is 0 Å². The molecule has 0 spiro atoms. The molecule has 1 saturated heterocycles. The summed E-state index contributed by atoms with van der Waals surface area (Å²) in [5.41, 5.74) is 0. The Morgan fingerprint density at radius 2 is 2.18 bits per heavy atom. The van der Waals surface area contributed by atoms with Crippen molar-refractivity contribution >= 4 is 5.97 Å². The van der Waals surface area contributed by atoms with Crippen LogP contribution in [-0.4, -0.2) is 23.7 Å². The minimum Gasteiger partial charge on any atom is -0.480 e. The number of carboxylic acid groups (broad SMARTS) is 1. The summed E-state index contributed by atoms with van der Waals surface area (Å²) in [6.45, 7) is 0.858. The first kappa shape index (κ1) is 8.09. The van der Waals surface area contributed by atoms with Gasteiger partial charge in [-0.2, -0.15) is 0 Å². The molecule has 0 aromatic heterocycles. The maximum atomic E-state index is 10.1. The van der Waals surface area contributed by atoms with Crippen molar-refractivity contribution in [1.82, 2.24) is 5.32 Å². The largest absolute Gasteiger partial charge is 0.480 e. The van der Waals surface area contributed by atoms with E-state index in [-0.39, 0.29) is 6.04 Å². The lowest BCUT2D eigenvalue weighted by atomic mass is 10.2. The number of rotatable bonds is 1. The third kappa shape index (κ3) is 3.64. The third-order valence-electron chi connectivity index (χ3n) is 1.54. The number of hydrogen-bond donors (Lipinski definition) is 2. The molecule has 0 aromatic rings. The van der Waals surface area contributed by atoms with Gasteiger partial charge in [-0.05, 0) is 19.4 Å². The molecule has 11 heavy (non-hydrogen) atoms. The summed E-state index contributed by atoms with van der Waals surface area (Å²) in [6.07, 6.45) is 2.78. The van der Waals surface area contributed by atoms with Crippen molar-refractivity contribution in [3.05, 3.63) is 0 Å². The van der Waals surface area contributed by atoms with E-state index in [1.54, 1.807) is 0 Å². The number of carboxylic acids is 1. The van der Waals surface area contributed by atoms with Crippen LogP contribution in [-0.2, 0) is 4.79 Å². The van der Waals surface area contributed by atoms with Gasteiger partial charge in [0.2, 0.25) is 0 Å². The van der Waals surface area contributed by atoms with Crippen LogP contribution in [0.25, 0.3) is 0 Å². The average molecular weight is 153 g/mol.